The molecule has 39 heavy (non-hydrogen) atoms. The number of aromatic nitrogens is 5. The van der Waals surface area contributed by atoms with Crippen molar-refractivity contribution >= 4 is 17.5 Å². The SMILES string of the molecule is Cc1nonc1C(=O)N[C@H](c1cn2ncc([C@@H](O)NC(=O)C[C@@H](C)C(F)(F)F)cc2n1)C1CCC(F)(F)CC1. The van der Waals surface area contributed by atoms with Crippen molar-refractivity contribution in [2.24, 2.45) is 11.8 Å². The minimum atomic E-state index is -4.56. The third-order valence-electron chi connectivity index (χ3n) is 6.73. The summed E-state index contributed by atoms with van der Waals surface area (Å²) in [5, 5.41) is 26.5. The average Bonchev–Trinajstić information content (AvgIpc) is 3.47. The summed E-state index contributed by atoms with van der Waals surface area (Å²) in [4.78, 5) is 29.3. The van der Waals surface area contributed by atoms with E-state index in [2.05, 4.69) is 35.7 Å². The molecule has 0 aromatic carbocycles. The standard InChI is InChI=1S/C23H26F5N7O4/c1-11(23(26,27)28)7-17(36)31-20(37)14-8-16-30-15(10-35(16)29-9-14)19(13-3-5-22(24,25)6-4-13)32-21(38)18-12(2)33-39-34-18/h8-11,13,19-20,37H,3-7H2,1-2H3,(H,31,36)(H,32,38)/t11-,19+,20-/m1/s1. The molecule has 3 N–H and O–H groups in total. The molecule has 0 unspecified atom stereocenters. The summed E-state index contributed by atoms with van der Waals surface area (Å²) in [6, 6.07) is 0.553. The first kappa shape index (κ1) is 28.3. The van der Waals surface area contributed by atoms with Crippen LogP contribution in [0.5, 0.6) is 0 Å². The summed E-state index contributed by atoms with van der Waals surface area (Å²) >= 11 is 0. The molecule has 0 spiro atoms. The summed E-state index contributed by atoms with van der Waals surface area (Å²) < 4.78 is 71.7. The molecule has 1 saturated carbocycles. The molecule has 16 heteroatoms. The van der Waals surface area contributed by atoms with Crippen LogP contribution in [0.1, 0.15) is 78.7 Å². The summed E-state index contributed by atoms with van der Waals surface area (Å²) in [6.45, 7) is 2.38. The maximum atomic E-state index is 13.8. The zero-order valence-corrected chi connectivity index (χ0v) is 20.9. The van der Waals surface area contributed by atoms with Gasteiger partial charge in [-0.1, -0.05) is 12.1 Å². The number of aliphatic hydroxyl groups is 1. The van der Waals surface area contributed by atoms with E-state index < -0.39 is 54.4 Å². The monoisotopic (exact) mass is 559 g/mol. The van der Waals surface area contributed by atoms with Crippen LogP contribution in [-0.2, 0) is 4.79 Å². The van der Waals surface area contributed by atoms with Gasteiger partial charge in [-0.05, 0) is 36.9 Å². The van der Waals surface area contributed by atoms with E-state index in [-0.39, 0.29) is 48.3 Å². The second-order valence-corrected chi connectivity index (χ2v) is 9.72. The lowest BCUT2D eigenvalue weighted by atomic mass is 9.81. The highest BCUT2D eigenvalue weighted by Gasteiger charge is 2.40. The van der Waals surface area contributed by atoms with Crippen molar-refractivity contribution in [2.75, 3.05) is 0 Å². The third kappa shape index (κ3) is 6.66. The molecular formula is C23H26F5N7O4. The predicted octanol–water partition coefficient (Wildman–Crippen LogP) is 3.41. The number of carbonyl (C=O) groups is 2. The van der Waals surface area contributed by atoms with Crippen LogP contribution in [0.2, 0.25) is 0 Å². The van der Waals surface area contributed by atoms with Gasteiger partial charge in [0, 0.05) is 24.8 Å². The minimum Gasteiger partial charge on any atom is -0.369 e. The number of fused-ring (bicyclic) bond motifs is 1. The second kappa shape index (κ2) is 10.8. The summed E-state index contributed by atoms with van der Waals surface area (Å²) in [6.07, 6.45) is -4.90. The van der Waals surface area contributed by atoms with Gasteiger partial charge in [-0.15, -0.1) is 0 Å². The van der Waals surface area contributed by atoms with E-state index in [0.717, 1.165) is 6.92 Å². The smallest absolute Gasteiger partial charge is 0.369 e. The van der Waals surface area contributed by atoms with Gasteiger partial charge in [0.2, 0.25) is 11.8 Å². The fourth-order valence-corrected chi connectivity index (χ4v) is 4.37. The molecule has 3 atom stereocenters. The molecule has 1 fully saturated rings. The molecule has 0 radical (unpaired) electrons. The third-order valence-corrected chi connectivity index (χ3v) is 6.73. The molecule has 3 heterocycles. The number of nitrogens with zero attached hydrogens (tertiary/aromatic N) is 5. The Hall–Kier alpha value is -3.69. The Morgan fingerprint density at radius 1 is 1.23 bits per heavy atom. The van der Waals surface area contributed by atoms with E-state index in [1.54, 1.807) is 0 Å². The Labute approximate surface area is 218 Å². The molecule has 2 amide bonds. The molecule has 1 aliphatic rings. The Balaban J connectivity index is 1.55. The van der Waals surface area contributed by atoms with Crippen LogP contribution in [0.15, 0.2) is 23.1 Å². The highest BCUT2D eigenvalue weighted by atomic mass is 19.4. The van der Waals surface area contributed by atoms with Gasteiger partial charge in [0.15, 0.2) is 17.6 Å². The number of nitrogens with one attached hydrogen (secondary N) is 2. The lowest BCUT2D eigenvalue weighted by molar-refractivity contribution is -0.174. The number of halogens is 5. The maximum absolute atomic E-state index is 13.8. The van der Waals surface area contributed by atoms with Gasteiger partial charge in [0.25, 0.3) is 5.91 Å². The quantitative estimate of drug-likeness (QED) is 0.281. The van der Waals surface area contributed by atoms with E-state index >= 15 is 0 Å². The Bertz CT molecular complexity index is 1330. The van der Waals surface area contributed by atoms with Crippen LogP contribution in [0, 0.1) is 18.8 Å². The van der Waals surface area contributed by atoms with Crippen molar-refractivity contribution in [2.45, 2.75) is 70.3 Å². The van der Waals surface area contributed by atoms with Gasteiger partial charge in [0.1, 0.15) is 5.69 Å². The average molecular weight is 559 g/mol. The number of aliphatic hydroxyl groups excluding tert-OH is 1. The summed E-state index contributed by atoms with van der Waals surface area (Å²) in [5.74, 6) is -6.73. The number of carbonyl (C=O) groups excluding carboxylic acids is 2. The Morgan fingerprint density at radius 3 is 2.54 bits per heavy atom. The number of aryl methyl sites for hydroxylation is 1. The van der Waals surface area contributed by atoms with E-state index in [9.17, 15) is 36.6 Å². The van der Waals surface area contributed by atoms with Gasteiger partial charge in [-0.25, -0.2) is 22.9 Å². The normalized spacial score (nSPS) is 18.5. The molecule has 0 bridgehead atoms. The van der Waals surface area contributed by atoms with Gasteiger partial charge in [0.05, 0.1) is 30.0 Å². The van der Waals surface area contributed by atoms with Crippen molar-refractivity contribution in [1.29, 1.82) is 0 Å². The summed E-state index contributed by atoms with van der Waals surface area (Å²) in [5.41, 5.74) is 0.705. The van der Waals surface area contributed by atoms with Gasteiger partial charge >= 0.3 is 6.18 Å². The van der Waals surface area contributed by atoms with Crippen molar-refractivity contribution in [1.82, 2.24) is 35.5 Å². The molecular weight excluding hydrogens is 533 g/mol. The predicted molar refractivity (Wildman–Crippen MR) is 122 cm³/mol. The Kier molecular flexibility index (Phi) is 7.86. The van der Waals surface area contributed by atoms with Gasteiger partial charge in [-0.3, -0.25) is 9.59 Å². The Morgan fingerprint density at radius 2 is 1.92 bits per heavy atom. The van der Waals surface area contributed by atoms with E-state index in [0.29, 0.717) is 5.69 Å². The first-order valence-corrected chi connectivity index (χ1v) is 12.1. The number of imidazole rings is 1. The fraction of sp³-hybridized carbons (Fsp3) is 0.565. The molecule has 212 valence electrons. The topological polar surface area (TPSA) is 148 Å². The second-order valence-electron chi connectivity index (χ2n) is 9.72. The van der Waals surface area contributed by atoms with E-state index in [4.69, 9.17) is 0 Å². The van der Waals surface area contributed by atoms with Crippen LogP contribution >= 0.6 is 0 Å². The van der Waals surface area contributed by atoms with Crippen LogP contribution < -0.4 is 10.6 Å². The lowest BCUT2D eigenvalue weighted by Gasteiger charge is -2.33. The van der Waals surface area contributed by atoms with E-state index in [1.165, 1.54) is 29.9 Å². The molecule has 4 rings (SSSR count). The molecule has 11 nitrogen and oxygen atoms in total. The van der Waals surface area contributed by atoms with Crippen molar-refractivity contribution in [3.8, 4) is 0 Å². The first-order valence-electron chi connectivity index (χ1n) is 12.1. The van der Waals surface area contributed by atoms with Crippen LogP contribution in [0.4, 0.5) is 22.0 Å². The van der Waals surface area contributed by atoms with Crippen LogP contribution in [0.3, 0.4) is 0 Å². The fourth-order valence-electron chi connectivity index (χ4n) is 4.37. The minimum absolute atomic E-state index is 0.0508. The molecule has 3 aromatic heterocycles. The van der Waals surface area contributed by atoms with Crippen molar-refractivity contribution in [3.05, 3.63) is 41.1 Å². The van der Waals surface area contributed by atoms with Gasteiger partial charge in [-0.2, -0.15) is 18.3 Å². The highest BCUT2D eigenvalue weighted by molar-refractivity contribution is 5.93. The van der Waals surface area contributed by atoms with Crippen LogP contribution in [-0.4, -0.2) is 53.9 Å². The maximum Gasteiger partial charge on any atom is 0.392 e. The molecule has 0 saturated heterocycles. The van der Waals surface area contributed by atoms with Gasteiger partial charge < -0.3 is 15.7 Å². The summed E-state index contributed by atoms with van der Waals surface area (Å²) in [7, 11) is 0. The zero-order valence-electron chi connectivity index (χ0n) is 20.9. The largest absolute Gasteiger partial charge is 0.392 e. The number of hydrogen-bond donors (Lipinski definition) is 3. The lowest BCUT2D eigenvalue weighted by Crippen LogP contribution is -2.37. The number of hydrogen-bond acceptors (Lipinski definition) is 8. The molecule has 0 aliphatic heterocycles. The highest BCUT2D eigenvalue weighted by Crippen LogP contribution is 2.41. The number of alkyl halides is 5. The first-order chi connectivity index (χ1) is 18.2. The van der Waals surface area contributed by atoms with E-state index in [1.807, 2.05) is 0 Å². The molecule has 3 aromatic rings. The van der Waals surface area contributed by atoms with Crippen molar-refractivity contribution < 1.29 is 41.3 Å². The van der Waals surface area contributed by atoms with Crippen molar-refractivity contribution in [3.63, 3.8) is 0 Å². The zero-order chi connectivity index (χ0) is 28.5. The number of amides is 2. The van der Waals surface area contributed by atoms with Crippen LogP contribution in [0.25, 0.3) is 5.65 Å². The molecule has 1 aliphatic carbocycles. The number of rotatable bonds is 8.